The van der Waals surface area contributed by atoms with E-state index in [1.54, 1.807) is 0 Å². The van der Waals surface area contributed by atoms with Crippen molar-refractivity contribution in [2.45, 2.75) is 322 Å². The predicted octanol–water partition coefficient (Wildman–Crippen LogP) is 18.6. The minimum absolute atomic E-state index is 0.0264. The highest BCUT2D eigenvalue weighted by atomic mass is 31.2. The van der Waals surface area contributed by atoms with E-state index in [0.717, 1.165) is 32.1 Å². The Morgan fingerprint density at radius 2 is 0.718 bits per heavy atom. The first-order valence-corrected chi connectivity index (χ1v) is 32.4. The molecule has 422 valence electrons. The number of unbranched alkanes of at least 4 members (excludes halogenated alkanes) is 42. The molecule has 0 aromatic heterocycles. The lowest BCUT2D eigenvalue weighted by Gasteiger charge is -2.28. The van der Waals surface area contributed by atoms with Gasteiger partial charge in [-0.05, 0) is 38.5 Å². The smallest absolute Gasteiger partial charge is 0.306 e. The van der Waals surface area contributed by atoms with Crippen LogP contribution in [-0.2, 0) is 32.7 Å². The fraction of sp³-hybridized carbons (Fsp3) is 0.934. The van der Waals surface area contributed by atoms with Gasteiger partial charge in [-0.1, -0.05) is 276 Å². The van der Waals surface area contributed by atoms with Gasteiger partial charge in [-0.15, -0.1) is 0 Å². The van der Waals surface area contributed by atoms with Crippen molar-refractivity contribution < 1.29 is 42.1 Å². The zero-order valence-corrected chi connectivity index (χ0v) is 48.8. The molecule has 0 amide bonds. The fourth-order valence-corrected chi connectivity index (χ4v) is 9.97. The van der Waals surface area contributed by atoms with Gasteiger partial charge in [0.25, 0.3) is 7.82 Å². The summed E-state index contributed by atoms with van der Waals surface area (Å²) in [4.78, 5) is 37.9. The monoisotopic (exact) mass is 1030 g/mol. The molecule has 2 unspecified atom stereocenters. The van der Waals surface area contributed by atoms with Gasteiger partial charge in [0, 0.05) is 12.8 Å². The van der Waals surface area contributed by atoms with Crippen LogP contribution in [0.25, 0.3) is 0 Å². The van der Waals surface area contributed by atoms with Gasteiger partial charge in [0.1, 0.15) is 19.8 Å². The molecule has 2 atom stereocenters. The molecule has 0 fully saturated rings. The Hall–Kier alpha value is -1.25. The first-order valence-electron chi connectivity index (χ1n) is 30.9. The molecule has 0 radical (unpaired) electrons. The lowest BCUT2D eigenvalue weighted by molar-refractivity contribution is -0.870. The molecule has 0 bridgehead atoms. The van der Waals surface area contributed by atoms with Crippen molar-refractivity contribution in [3.63, 3.8) is 0 Å². The van der Waals surface area contributed by atoms with Gasteiger partial charge in [-0.25, -0.2) is 0 Å². The first-order chi connectivity index (χ1) is 34.5. The van der Waals surface area contributed by atoms with Crippen molar-refractivity contribution in [3.05, 3.63) is 12.2 Å². The maximum absolute atomic E-state index is 12.8. The highest BCUT2D eigenvalue weighted by Gasteiger charge is 2.22. The summed E-state index contributed by atoms with van der Waals surface area (Å²) >= 11 is 0. The Balaban J connectivity index is 4.07. The third kappa shape index (κ3) is 57.9. The summed E-state index contributed by atoms with van der Waals surface area (Å²) in [5.74, 6) is -0.811. The largest absolute Gasteiger partial charge is 0.756 e. The quantitative estimate of drug-likeness (QED) is 0.0195. The Kier molecular flexibility index (Phi) is 52.6. The second-order valence-electron chi connectivity index (χ2n) is 22.4. The summed E-state index contributed by atoms with van der Waals surface area (Å²) in [5.41, 5.74) is 0. The van der Waals surface area contributed by atoms with E-state index >= 15 is 0 Å². The molecular formula is C61H120NO8P. The summed E-state index contributed by atoms with van der Waals surface area (Å²) in [6, 6.07) is 0. The van der Waals surface area contributed by atoms with Crippen LogP contribution in [0.15, 0.2) is 12.2 Å². The van der Waals surface area contributed by atoms with E-state index in [-0.39, 0.29) is 32.0 Å². The van der Waals surface area contributed by atoms with Crippen LogP contribution in [0.3, 0.4) is 0 Å². The van der Waals surface area contributed by atoms with E-state index in [0.29, 0.717) is 17.4 Å². The van der Waals surface area contributed by atoms with E-state index in [1.165, 1.54) is 250 Å². The number of phosphoric acid groups is 1. The Morgan fingerprint density at radius 1 is 0.423 bits per heavy atom. The fourth-order valence-electron chi connectivity index (χ4n) is 9.24. The van der Waals surface area contributed by atoms with Crippen LogP contribution in [0, 0.1) is 0 Å². The second-order valence-corrected chi connectivity index (χ2v) is 23.8. The minimum atomic E-state index is -4.63. The summed E-state index contributed by atoms with van der Waals surface area (Å²) < 4.78 is 34.2. The number of hydrogen-bond donors (Lipinski definition) is 0. The molecule has 0 aliphatic rings. The average molecular weight is 1030 g/mol. The SMILES string of the molecule is CCCCCCCCCC/C=C\CCCCCCCCCCCCCCCCCC(=O)OC(COC(=O)CCCCCCCCCCCCCCCCCCCCCC)COP(=O)([O-])OCC[N+](C)(C)C. The van der Waals surface area contributed by atoms with E-state index in [9.17, 15) is 19.0 Å². The number of allylic oxidation sites excluding steroid dienone is 2. The maximum Gasteiger partial charge on any atom is 0.306 e. The van der Waals surface area contributed by atoms with Crippen molar-refractivity contribution in [1.82, 2.24) is 0 Å². The van der Waals surface area contributed by atoms with Gasteiger partial charge in [0.15, 0.2) is 6.10 Å². The Bertz CT molecular complexity index is 1210. The number of quaternary nitrogens is 1. The van der Waals surface area contributed by atoms with Gasteiger partial charge in [0.2, 0.25) is 0 Å². The summed E-state index contributed by atoms with van der Waals surface area (Å²) in [7, 11) is 1.19. The molecule has 0 aliphatic heterocycles. The summed E-state index contributed by atoms with van der Waals surface area (Å²) in [6.07, 6.45) is 62.7. The molecule has 0 aliphatic carbocycles. The van der Waals surface area contributed by atoms with Crippen LogP contribution >= 0.6 is 7.82 Å². The van der Waals surface area contributed by atoms with Crippen LogP contribution in [0.4, 0.5) is 0 Å². The maximum atomic E-state index is 12.8. The number of ether oxygens (including phenoxy) is 2. The first kappa shape index (κ1) is 69.8. The summed E-state index contributed by atoms with van der Waals surface area (Å²) in [6.45, 7) is 4.31. The summed E-state index contributed by atoms with van der Waals surface area (Å²) in [5, 5.41) is 0. The van der Waals surface area contributed by atoms with E-state index < -0.39 is 26.5 Å². The normalized spacial score (nSPS) is 13.3. The number of nitrogens with zero attached hydrogens (tertiary/aromatic N) is 1. The number of hydrogen-bond acceptors (Lipinski definition) is 8. The van der Waals surface area contributed by atoms with Gasteiger partial charge in [0.05, 0.1) is 27.7 Å². The molecule has 0 N–H and O–H groups in total. The van der Waals surface area contributed by atoms with Gasteiger partial charge in [-0.3, -0.25) is 14.2 Å². The predicted molar refractivity (Wildman–Crippen MR) is 301 cm³/mol. The molecule has 71 heavy (non-hydrogen) atoms. The molecule has 0 spiro atoms. The highest BCUT2D eigenvalue weighted by Crippen LogP contribution is 2.38. The lowest BCUT2D eigenvalue weighted by atomic mass is 10.0. The van der Waals surface area contributed by atoms with Gasteiger partial charge >= 0.3 is 11.9 Å². The zero-order valence-electron chi connectivity index (χ0n) is 48.0. The highest BCUT2D eigenvalue weighted by molar-refractivity contribution is 7.45. The molecule has 0 heterocycles. The van der Waals surface area contributed by atoms with Crippen molar-refractivity contribution in [2.75, 3.05) is 47.5 Å². The number of carbonyl (C=O) groups is 2. The van der Waals surface area contributed by atoms with Crippen LogP contribution in [-0.4, -0.2) is 70.0 Å². The Labute approximate surface area is 441 Å². The Morgan fingerprint density at radius 3 is 1.04 bits per heavy atom. The second kappa shape index (κ2) is 53.6. The average Bonchev–Trinajstić information content (AvgIpc) is 3.33. The number of rotatable bonds is 58. The molecule has 9 nitrogen and oxygen atoms in total. The number of esters is 2. The molecule has 0 saturated carbocycles. The lowest BCUT2D eigenvalue weighted by Crippen LogP contribution is -2.37. The third-order valence-corrected chi connectivity index (χ3v) is 15.0. The van der Waals surface area contributed by atoms with E-state index in [4.69, 9.17) is 18.5 Å². The third-order valence-electron chi connectivity index (χ3n) is 14.0. The molecule has 0 aromatic rings. The molecule has 0 rings (SSSR count). The molecule has 0 aromatic carbocycles. The van der Waals surface area contributed by atoms with Crippen molar-refractivity contribution in [2.24, 2.45) is 0 Å². The topological polar surface area (TPSA) is 111 Å². The molecular weight excluding hydrogens is 906 g/mol. The van der Waals surface area contributed by atoms with E-state index in [1.807, 2.05) is 21.1 Å². The van der Waals surface area contributed by atoms with Gasteiger partial charge in [-0.2, -0.15) is 0 Å². The minimum Gasteiger partial charge on any atom is -0.756 e. The number of phosphoric ester groups is 1. The van der Waals surface area contributed by atoms with E-state index in [2.05, 4.69) is 26.0 Å². The van der Waals surface area contributed by atoms with Crippen LogP contribution in [0.5, 0.6) is 0 Å². The molecule has 0 saturated heterocycles. The number of carbonyl (C=O) groups excluding carboxylic acids is 2. The zero-order chi connectivity index (χ0) is 52.0. The van der Waals surface area contributed by atoms with Crippen LogP contribution < -0.4 is 4.89 Å². The van der Waals surface area contributed by atoms with Crippen LogP contribution in [0.2, 0.25) is 0 Å². The molecule has 10 heteroatoms. The number of likely N-dealkylation sites (N-methyl/N-ethyl adjacent to an activating group) is 1. The van der Waals surface area contributed by atoms with Crippen molar-refractivity contribution in [3.8, 4) is 0 Å². The van der Waals surface area contributed by atoms with Crippen LogP contribution in [0.1, 0.15) is 316 Å². The standard InChI is InChI=1S/C61H120NO8P/c1-6-8-10-12-14-16-18-20-22-24-26-28-29-30-31-32-33-34-36-38-40-42-44-46-48-50-52-54-61(64)70-59(58-69-71(65,66)68-56-55-62(3,4)5)57-67-60(63)53-51-49-47-45-43-41-39-37-35-27-25-23-21-19-17-15-13-11-9-7-2/h24,26,59H,6-23,25,27-58H2,1-5H3/b26-24-. The van der Waals surface area contributed by atoms with Crippen molar-refractivity contribution >= 4 is 19.8 Å². The van der Waals surface area contributed by atoms with Crippen molar-refractivity contribution in [1.29, 1.82) is 0 Å². The van der Waals surface area contributed by atoms with Gasteiger partial charge < -0.3 is 27.9 Å².